The Labute approximate surface area is 124 Å². The summed E-state index contributed by atoms with van der Waals surface area (Å²) in [6, 6.07) is 5.47. The molecule has 0 radical (unpaired) electrons. The molecule has 2 nitrogen and oxygen atoms in total. The van der Waals surface area contributed by atoms with Crippen molar-refractivity contribution in [1.29, 1.82) is 0 Å². The summed E-state index contributed by atoms with van der Waals surface area (Å²) in [5.41, 5.74) is 0.499. The molecule has 1 aliphatic carbocycles. The minimum Gasteiger partial charge on any atom is -0.308 e. The summed E-state index contributed by atoms with van der Waals surface area (Å²) in [6.07, 6.45) is -0.676. The maximum atomic E-state index is 12.5. The predicted molar refractivity (Wildman–Crippen MR) is 78.1 cm³/mol. The highest BCUT2D eigenvalue weighted by atomic mass is 19.4. The van der Waals surface area contributed by atoms with Crippen LogP contribution in [0.5, 0.6) is 0 Å². The monoisotopic (exact) mass is 300 g/mol. The summed E-state index contributed by atoms with van der Waals surface area (Å²) < 4.78 is 37.6. The third-order valence-electron chi connectivity index (χ3n) is 4.71. The van der Waals surface area contributed by atoms with Crippen LogP contribution in [0.3, 0.4) is 0 Å². The predicted octanol–water partition coefficient (Wildman–Crippen LogP) is 3.84. The van der Waals surface area contributed by atoms with Crippen LogP contribution in [0.25, 0.3) is 0 Å². The van der Waals surface area contributed by atoms with Gasteiger partial charge < -0.3 is 10.2 Å². The van der Waals surface area contributed by atoms with Crippen LogP contribution in [0, 0.1) is 0 Å². The van der Waals surface area contributed by atoms with Crippen LogP contribution in [0.2, 0.25) is 0 Å². The van der Waals surface area contributed by atoms with Crippen molar-refractivity contribution in [2.75, 3.05) is 20.6 Å². The van der Waals surface area contributed by atoms with Gasteiger partial charge >= 0.3 is 6.18 Å². The molecule has 0 saturated heterocycles. The second-order valence-electron chi connectivity index (χ2n) is 6.19. The lowest BCUT2D eigenvalue weighted by Crippen LogP contribution is -2.56. The van der Waals surface area contributed by atoms with Gasteiger partial charge in [-0.1, -0.05) is 12.1 Å². The van der Waals surface area contributed by atoms with Crippen molar-refractivity contribution >= 4 is 0 Å². The van der Waals surface area contributed by atoms with Crippen molar-refractivity contribution in [2.45, 2.75) is 43.9 Å². The molecule has 21 heavy (non-hydrogen) atoms. The number of hydrogen-bond acceptors (Lipinski definition) is 2. The van der Waals surface area contributed by atoms with Gasteiger partial charge in [0.1, 0.15) is 0 Å². The standard InChI is InChI=1S/C16H23F3N2/c1-12(20-11-15(21(2)3)9-4-10-15)13-5-7-14(8-6-13)16(17,18)19/h5-8,12,20H,4,9-11H2,1-3H3. The Balaban J connectivity index is 1.96. The van der Waals surface area contributed by atoms with Gasteiger partial charge in [-0.2, -0.15) is 13.2 Å². The van der Waals surface area contributed by atoms with E-state index in [-0.39, 0.29) is 11.6 Å². The van der Waals surface area contributed by atoms with Gasteiger partial charge in [0.15, 0.2) is 0 Å². The number of likely N-dealkylation sites (N-methyl/N-ethyl adjacent to an activating group) is 1. The zero-order chi connectivity index (χ0) is 15.7. The first-order valence-corrected chi connectivity index (χ1v) is 7.33. The first kappa shape index (κ1) is 16.3. The molecule has 0 spiro atoms. The van der Waals surface area contributed by atoms with E-state index in [1.54, 1.807) is 12.1 Å². The molecule has 0 amide bonds. The lowest BCUT2D eigenvalue weighted by Gasteiger charge is -2.48. The van der Waals surface area contributed by atoms with Crippen molar-refractivity contribution in [1.82, 2.24) is 10.2 Å². The van der Waals surface area contributed by atoms with E-state index in [0.29, 0.717) is 0 Å². The van der Waals surface area contributed by atoms with Crippen molar-refractivity contribution < 1.29 is 13.2 Å². The van der Waals surface area contributed by atoms with Crippen molar-refractivity contribution in [3.8, 4) is 0 Å². The molecule has 0 heterocycles. The summed E-state index contributed by atoms with van der Waals surface area (Å²) in [6.45, 7) is 2.85. The van der Waals surface area contributed by atoms with Crippen LogP contribution in [-0.4, -0.2) is 31.1 Å². The van der Waals surface area contributed by atoms with Gasteiger partial charge in [-0.15, -0.1) is 0 Å². The molecule has 0 aliphatic heterocycles. The minimum absolute atomic E-state index is 0.0460. The minimum atomic E-state index is -4.27. The molecule has 1 aromatic rings. The van der Waals surface area contributed by atoms with Crippen LogP contribution in [0.15, 0.2) is 24.3 Å². The number of alkyl halides is 3. The van der Waals surface area contributed by atoms with Gasteiger partial charge in [0.25, 0.3) is 0 Å². The van der Waals surface area contributed by atoms with E-state index in [4.69, 9.17) is 0 Å². The molecule has 2 rings (SSSR count). The Bertz CT molecular complexity index is 461. The van der Waals surface area contributed by atoms with Crippen LogP contribution < -0.4 is 5.32 Å². The number of nitrogens with one attached hydrogen (secondary N) is 1. The first-order chi connectivity index (χ1) is 9.74. The fraction of sp³-hybridized carbons (Fsp3) is 0.625. The lowest BCUT2D eigenvalue weighted by atomic mass is 9.75. The van der Waals surface area contributed by atoms with E-state index in [1.165, 1.54) is 19.3 Å². The Morgan fingerprint density at radius 3 is 2.14 bits per heavy atom. The highest BCUT2D eigenvalue weighted by Crippen LogP contribution is 2.36. The molecular weight excluding hydrogens is 277 g/mol. The van der Waals surface area contributed by atoms with Crippen molar-refractivity contribution in [3.63, 3.8) is 0 Å². The molecule has 5 heteroatoms. The molecule has 1 aliphatic rings. The van der Waals surface area contributed by atoms with Crippen molar-refractivity contribution in [3.05, 3.63) is 35.4 Å². The Kier molecular flexibility index (Phi) is 4.63. The summed E-state index contributed by atoms with van der Waals surface area (Å²) in [4.78, 5) is 2.25. The first-order valence-electron chi connectivity index (χ1n) is 7.33. The van der Waals surface area contributed by atoms with E-state index < -0.39 is 11.7 Å². The van der Waals surface area contributed by atoms with Gasteiger partial charge in [0, 0.05) is 18.1 Å². The molecule has 1 saturated carbocycles. The SMILES string of the molecule is CC(NCC1(N(C)C)CCC1)c1ccc(C(F)(F)F)cc1. The molecular formula is C16H23F3N2. The van der Waals surface area contributed by atoms with Crippen LogP contribution >= 0.6 is 0 Å². The summed E-state index contributed by atoms with van der Waals surface area (Å²) >= 11 is 0. The maximum absolute atomic E-state index is 12.5. The number of nitrogens with zero attached hydrogens (tertiary/aromatic N) is 1. The van der Waals surface area contributed by atoms with E-state index >= 15 is 0 Å². The zero-order valence-corrected chi connectivity index (χ0v) is 12.8. The molecule has 1 aromatic carbocycles. The summed E-state index contributed by atoms with van der Waals surface area (Å²) in [5, 5.41) is 3.46. The Hall–Kier alpha value is -1.07. The molecule has 1 fully saturated rings. The average Bonchev–Trinajstić information content (AvgIpc) is 2.36. The lowest BCUT2D eigenvalue weighted by molar-refractivity contribution is -0.137. The molecule has 118 valence electrons. The third kappa shape index (κ3) is 3.58. The summed E-state index contributed by atoms with van der Waals surface area (Å²) in [7, 11) is 4.17. The Morgan fingerprint density at radius 2 is 1.76 bits per heavy atom. The fourth-order valence-electron chi connectivity index (χ4n) is 2.79. The normalized spacial score (nSPS) is 19.4. The fourth-order valence-corrected chi connectivity index (χ4v) is 2.79. The van der Waals surface area contributed by atoms with Crippen molar-refractivity contribution in [2.24, 2.45) is 0 Å². The third-order valence-corrected chi connectivity index (χ3v) is 4.71. The van der Waals surface area contributed by atoms with Gasteiger partial charge in [-0.3, -0.25) is 0 Å². The van der Waals surface area contributed by atoms with Gasteiger partial charge in [0.2, 0.25) is 0 Å². The van der Waals surface area contributed by atoms with E-state index in [9.17, 15) is 13.2 Å². The molecule has 1 unspecified atom stereocenters. The van der Waals surface area contributed by atoms with Crippen LogP contribution in [0.4, 0.5) is 13.2 Å². The average molecular weight is 300 g/mol. The highest BCUT2D eigenvalue weighted by Gasteiger charge is 2.38. The number of hydrogen-bond donors (Lipinski definition) is 1. The quantitative estimate of drug-likeness (QED) is 0.889. The second kappa shape index (κ2) is 5.97. The topological polar surface area (TPSA) is 15.3 Å². The molecule has 0 bridgehead atoms. The molecule has 1 atom stereocenters. The molecule has 0 aromatic heterocycles. The molecule has 1 N–H and O–H groups in total. The van der Waals surface area contributed by atoms with E-state index in [2.05, 4.69) is 24.3 Å². The van der Waals surface area contributed by atoms with Crippen LogP contribution in [0.1, 0.15) is 43.4 Å². The Morgan fingerprint density at radius 1 is 1.19 bits per heavy atom. The van der Waals surface area contributed by atoms with Gasteiger partial charge in [-0.05, 0) is 58.0 Å². The second-order valence-corrected chi connectivity index (χ2v) is 6.19. The zero-order valence-electron chi connectivity index (χ0n) is 12.8. The largest absolute Gasteiger partial charge is 0.416 e. The number of benzene rings is 1. The maximum Gasteiger partial charge on any atom is 0.416 e. The van der Waals surface area contributed by atoms with E-state index in [1.807, 2.05) is 6.92 Å². The number of halogens is 3. The highest BCUT2D eigenvalue weighted by molar-refractivity contribution is 5.26. The summed E-state index contributed by atoms with van der Waals surface area (Å²) in [5.74, 6) is 0. The van der Waals surface area contributed by atoms with E-state index in [0.717, 1.165) is 24.2 Å². The van der Waals surface area contributed by atoms with Gasteiger partial charge in [0.05, 0.1) is 5.56 Å². The smallest absolute Gasteiger partial charge is 0.308 e. The van der Waals surface area contributed by atoms with Crippen LogP contribution in [-0.2, 0) is 6.18 Å². The number of rotatable bonds is 5. The van der Waals surface area contributed by atoms with Gasteiger partial charge in [-0.25, -0.2) is 0 Å².